The number of nitrogens with zero attached hydrogens (tertiary/aromatic N) is 1. The van der Waals surface area contributed by atoms with Gasteiger partial charge in [-0.3, -0.25) is 4.90 Å². The molecule has 0 unspecified atom stereocenters. The molecule has 0 saturated heterocycles. The van der Waals surface area contributed by atoms with Crippen LogP contribution < -0.4 is 5.32 Å². The van der Waals surface area contributed by atoms with Crippen LogP contribution in [0.3, 0.4) is 0 Å². The summed E-state index contributed by atoms with van der Waals surface area (Å²) in [6.45, 7) is 8.11. The second-order valence-electron chi connectivity index (χ2n) is 6.40. The van der Waals surface area contributed by atoms with E-state index in [0.717, 1.165) is 19.6 Å². The predicted molar refractivity (Wildman–Crippen MR) is 80.0 cm³/mol. The number of rotatable bonds is 5. The maximum Gasteiger partial charge on any atom is 0.0240 e. The van der Waals surface area contributed by atoms with Gasteiger partial charge in [0.1, 0.15) is 0 Å². The van der Waals surface area contributed by atoms with E-state index in [1.165, 1.54) is 38.8 Å². The molecule has 2 aliphatic rings. The van der Waals surface area contributed by atoms with Gasteiger partial charge in [-0.05, 0) is 35.9 Å². The van der Waals surface area contributed by atoms with Gasteiger partial charge in [0.05, 0.1) is 0 Å². The molecule has 1 heterocycles. The normalized spacial score (nSPS) is 21.7. The summed E-state index contributed by atoms with van der Waals surface area (Å²) in [5.41, 5.74) is 3.62. The van der Waals surface area contributed by atoms with Crippen LogP contribution in [0.5, 0.6) is 0 Å². The van der Waals surface area contributed by atoms with E-state index in [1.807, 2.05) is 0 Å². The third-order valence-corrected chi connectivity index (χ3v) is 4.88. The minimum atomic E-state index is 0.540. The zero-order valence-corrected chi connectivity index (χ0v) is 12.1. The highest BCUT2D eigenvalue weighted by molar-refractivity contribution is 5.30. The standard InChI is InChI=1S/C17H26N2/c1-2-18-13-17(9-5-6-10-17)14-19-11-15-7-3-4-8-16(15)12-19/h3-4,7-8,18H,2,5-6,9-14H2,1H3. The van der Waals surface area contributed by atoms with E-state index < -0.39 is 0 Å². The molecule has 0 spiro atoms. The minimum Gasteiger partial charge on any atom is -0.316 e. The summed E-state index contributed by atoms with van der Waals surface area (Å²) in [6, 6.07) is 8.93. The molecule has 1 saturated carbocycles. The van der Waals surface area contributed by atoms with Crippen molar-refractivity contribution in [3.8, 4) is 0 Å². The lowest BCUT2D eigenvalue weighted by Gasteiger charge is -2.33. The Morgan fingerprint density at radius 2 is 1.74 bits per heavy atom. The highest BCUT2D eigenvalue weighted by Crippen LogP contribution is 2.39. The van der Waals surface area contributed by atoms with Crippen molar-refractivity contribution in [2.75, 3.05) is 19.6 Å². The van der Waals surface area contributed by atoms with E-state index in [9.17, 15) is 0 Å². The molecule has 104 valence electrons. The van der Waals surface area contributed by atoms with Crippen molar-refractivity contribution in [2.45, 2.75) is 45.7 Å². The summed E-state index contributed by atoms with van der Waals surface area (Å²) >= 11 is 0. The minimum absolute atomic E-state index is 0.540. The first kappa shape index (κ1) is 13.1. The van der Waals surface area contributed by atoms with Crippen LogP contribution in [0.15, 0.2) is 24.3 Å². The Morgan fingerprint density at radius 3 is 2.32 bits per heavy atom. The van der Waals surface area contributed by atoms with E-state index in [4.69, 9.17) is 0 Å². The summed E-state index contributed by atoms with van der Waals surface area (Å²) in [5, 5.41) is 3.60. The third kappa shape index (κ3) is 2.85. The third-order valence-electron chi connectivity index (χ3n) is 4.88. The van der Waals surface area contributed by atoms with Gasteiger partial charge in [-0.1, -0.05) is 44.0 Å². The first-order valence-electron chi connectivity index (χ1n) is 7.81. The summed E-state index contributed by atoms with van der Waals surface area (Å²) in [7, 11) is 0. The van der Waals surface area contributed by atoms with Gasteiger partial charge in [-0.15, -0.1) is 0 Å². The molecule has 1 aliphatic carbocycles. The van der Waals surface area contributed by atoms with Crippen molar-refractivity contribution in [3.63, 3.8) is 0 Å². The summed E-state index contributed by atoms with van der Waals surface area (Å²) < 4.78 is 0. The Morgan fingerprint density at radius 1 is 1.11 bits per heavy atom. The maximum atomic E-state index is 3.60. The highest BCUT2D eigenvalue weighted by atomic mass is 15.2. The molecule has 3 rings (SSSR count). The Bertz CT molecular complexity index is 396. The summed E-state index contributed by atoms with van der Waals surface area (Å²) in [4.78, 5) is 2.66. The van der Waals surface area contributed by atoms with Crippen molar-refractivity contribution >= 4 is 0 Å². The number of nitrogens with one attached hydrogen (secondary N) is 1. The van der Waals surface area contributed by atoms with E-state index in [-0.39, 0.29) is 0 Å². The lowest BCUT2D eigenvalue weighted by atomic mass is 9.85. The van der Waals surface area contributed by atoms with E-state index in [0.29, 0.717) is 5.41 Å². The second kappa shape index (κ2) is 5.64. The first-order valence-corrected chi connectivity index (χ1v) is 7.81. The highest BCUT2D eigenvalue weighted by Gasteiger charge is 2.36. The number of hydrogen-bond donors (Lipinski definition) is 1. The summed E-state index contributed by atoms with van der Waals surface area (Å²) in [5.74, 6) is 0. The van der Waals surface area contributed by atoms with Gasteiger partial charge in [0.15, 0.2) is 0 Å². The van der Waals surface area contributed by atoms with Crippen LogP contribution in [0.2, 0.25) is 0 Å². The fourth-order valence-corrected chi connectivity index (χ4v) is 3.90. The topological polar surface area (TPSA) is 15.3 Å². The molecule has 1 aromatic carbocycles. The van der Waals surface area contributed by atoms with Crippen molar-refractivity contribution < 1.29 is 0 Å². The predicted octanol–water partition coefficient (Wildman–Crippen LogP) is 3.17. The average Bonchev–Trinajstić information content (AvgIpc) is 3.03. The Labute approximate surface area is 117 Å². The number of fused-ring (bicyclic) bond motifs is 1. The number of benzene rings is 1. The van der Waals surface area contributed by atoms with Crippen LogP contribution in [-0.4, -0.2) is 24.5 Å². The van der Waals surface area contributed by atoms with Crippen molar-refractivity contribution in [1.29, 1.82) is 0 Å². The Hall–Kier alpha value is -0.860. The maximum absolute atomic E-state index is 3.60. The molecule has 19 heavy (non-hydrogen) atoms. The molecule has 0 aromatic heterocycles. The van der Waals surface area contributed by atoms with Crippen LogP contribution in [0.25, 0.3) is 0 Å². The van der Waals surface area contributed by atoms with Crippen LogP contribution in [-0.2, 0) is 13.1 Å². The van der Waals surface area contributed by atoms with Crippen LogP contribution in [0.4, 0.5) is 0 Å². The fraction of sp³-hybridized carbons (Fsp3) is 0.647. The van der Waals surface area contributed by atoms with Gasteiger partial charge in [-0.2, -0.15) is 0 Å². The van der Waals surface area contributed by atoms with E-state index in [2.05, 4.69) is 41.4 Å². The lowest BCUT2D eigenvalue weighted by molar-refractivity contribution is 0.149. The Balaban J connectivity index is 1.64. The SMILES string of the molecule is CCNCC1(CN2Cc3ccccc3C2)CCCC1. The van der Waals surface area contributed by atoms with Gasteiger partial charge in [-0.25, -0.2) is 0 Å². The zero-order chi connectivity index (χ0) is 13.1. The van der Waals surface area contributed by atoms with Gasteiger partial charge in [0, 0.05) is 26.2 Å². The molecule has 1 fully saturated rings. The van der Waals surface area contributed by atoms with Crippen LogP contribution in [0, 0.1) is 5.41 Å². The summed E-state index contributed by atoms with van der Waals surface area (Å²) in [6.07, 6.45) is 5.66. The molecule has 0 radical (unpaired) electrons. The molecule has 2 nitrogen and oxygen atoms in total. The van der Waals surface area contributed by atoms with Crippen molar-refractivity contribution in [2.24, 2.45) is 5.41 Å². The molecule has 0 bridgehead atoms. The monoisotopic (exact) mass is 258 g/mol. The average molecular weight is 258 g/mol. The van der Waals surface area contributed by atoms with E-state index in [1.54, 1.807) is 11.1 Å². The smallest absolute Gasteiger partial charge is 0.0240 e. The molecule has 0 atom stereocenters. The molecule has 2 heteroatoms. The van der Waals surface area contributed by atoms with Gasteiger partial charge in [0.2, 0.25) is 0 Å². The molecular weight excluding hydrogens is 232 g/mol. The van der Waals surface area contributed by atoms with Gasteiger partial charge < -0.3 is 5.32 Å². The number of hydrogen-bond acceptors (Lipinski definition) is 2. The quantitative estimate of drug-likeness (QED) is 0.872. The second-order valence-corrected chi connectivity index (χ2v) is 6.40. The van der Waals surface area contributed by atoms with Crippen LogP contribution >= 0.6 is 0 Å². The molecular formula is C17H26N2. The lowest BCUT2D eigenvalue weighted by Crippen LogP contribution is -2.40. The van der Waals surface area contributed by atoms with E-state index >= 15 is 0 Å². The molecule has 1 aliphatic heterocycles. The largest absolute Gasteiger partial charge is 0.316 e. The van der Waals surface area contributed by atoms with Crippen LogP contribution in [0.1, 0.15) is 43.7 Å². The molecule has 0 amide bonds. The zero-order valence-electron chi connectivity index (χ0n) is 12.1. The Kier molecular flexibility index (Phi) is 3.90. The molecule has 1 N–H and O–H groups in total. The van der Waals surface area contributed by atoms with Crippen molar-refractivity contribution in [1.82, 2.24) is 10.2 Å². The first-order chi connectivity index (χ1) is 9.31. The van der Waals surface area contributed by atoms with Gasteiger partial charge >= 0.3 is 0 Å². The molecule has 1 aromatic rings. The van der Waals surface area contributed by atoms with Crippen molar-refractivity contribution in [3.05, 3.63) is 35.4 Å². The fourth-order valence-electron chi connectivity index (χ4n) is 3.90. The van der Waals surface area contributed by atoms with Gasteiger partial charge in [0.25, 0.3) is 0 Å².